The second kappa shape index (κ2) is 14.5. The molecule has 2 heterocycles. The SMILES string of the molecule is c1ccc(-c2nc(-c3ccc(-c4c5ccccc5c(-c5ccccc5)c5c4ccc4ccccc45)cc3)cc(-c3cccc(-c4ccc5c(c4)sc4ccccc45)c3)n2)cc1. The van der Waals surface area contributed by atoms with Crippen LogP contribution in [0.5, 0.6) is 0 Å². The number of thiophene rings is 1. The van der Waals surface area contributed by atoms with Gasteiger partial charge in [-0.25, -0.2) is 9.97 Å². The van der Waals surface area contributed by atoms with E-state index in [1.54, 1.807) is 0 Å². The van der Waals surface area contributed by atoms with E-state index in [0.29, 0.717) is 5.82 Å². The van der Waals surface area contributed by atoms with Crippen LogP contribution < -0.4 is 0 Å². The summed E-state index contributed by atoms with van der Waals surface area (Å²) in [5.74, 6) is 0.703. The number of benzene rings is 10. The number of hydrogen-bond donors (Lipinski definition) is 0. The lowest BCUT2D eigenvalue weighted by molar-refractivity contribution is 1.18. The maximum absolute atomic E-state index is 5.21. The normalized spacial score (nSPS) is 11.6. The summed E-state index contributed by atoms with van der Waals surface area (Å²) in [4.78, 5) is 10.4. The molecular formula is C58H36N2S. The molecule has 10 aromatic carbocycles. The van der Waals surface area contributed by atoms with Crippen molar-refractivity contribution in [2.75, 3.05) is 0 Å². The Morgan fingerprint density at radius 2 is 0.803 bits per heavy atom. The van der Waals surface area contributed by atoms with Gasteiger partial charge in [-0.15, -0.1) is 11.3 Å². The van der Waals surface area contributed by atoms with Gasteiger partial charge in [0.1, 0.15) is 0 Å². The van der Waals surface area contributed by atoms with Crippen LogP contribution in [-0.2, 0) is 0 Å². The fraction of sp³-hybridized carbons (Fsp3) is 0. The predicted molar refractivity (Wildman–Crippen MR) is 260 cm³/mol. The Bertz CT molecular complexity index is 3630. The van der Waals surface area contributed by atoms with Crippen LogP contribution in [0.1, 0.15) is 0 Å². The first kappa shape index (κ1) is 35.2. The number of aromatic nitrogens is 2. The predicted octanol–water partition coefficient (Wildman–Crippen LogP) is 16.3. The fourth-order valence-corrected chi connectivity index (χ4v) is 10.3. The third kappa shape index (κ3) is 6.09. The topological polar surface area (TPSA) is 25.8 Å². The number of nitrogens with zero attached hydrogens (tertiary/aromatic N) is 2. The molecule has 12 rings (SSSR count). The molecule has 0 bridgehead atoms. The molecule has 0 aliphatic heterocycles. The van der Waals surface area contributed by atoms with Crippen LogP contribution in [0.4, 0.5) is 0 Å². The summed E-state index contributed by atoms with van der Waals surface area (Å²) in [5.41, 5.74) is 12.1. The van der Waals surface area contributed by atoms with E-state index in [1.165, 1.54) is 80.3 Å². The molecule has 12 aromatic rings. The molecule has 0 radical (unpaired) electrons. The van der Waals surface area contributed by atoms with Gasteiger partial charge in [0.05, 0.1) is 11.4 Å². The summed E-state index contributed by atoms with van der Waals surface area (Å²) >= 11 is 1.85. The van der Waals surface area contributed by atoms with Crippen molar-refractivity contribution < 1.29 is 0 Å². The van der Waals surface area contributed by atoms with Crippen LogP contribution in [0.15, 0.2) is 218 Å². The van der Waals surface area contributed by atoms with E-state index in [1.807, 2.05) is 29.5 Å². The highest BCUT2D eigenvalue weighted by Gasteiger charge is 2.19. The molecule has 0 amide bonds. The summed E-state index contributed by atoms with van der Waals surface area (Å²) in [5, 5.41) is 10.1. The van der Waals surface area contributed by atoms with E-state index in [2.05, 4.69) is 200 Å². The van der Waals surface area contributed by atoms with Gasteiger partial charge in [0.25, 0.3) is 0 Å². The minimum absolute atomic E-state index is 0.703. The Morgan fingerprint density at radius 3 is 1.59 bits per heavy atom. The lowest BCUT2D eigenvalue weighted by atomic mass is 9.84. The minimum Gasteiger partial charge on any atom is -0.228 e. The minimum atomic E-state index is 0.703. The van der Waals surface area contributed by atoms with Gasteiger partial charge in [-0.3, -0.25) is 0 Å². The van der Waals surface area contributed by atoms with Crippen molar-refractivity contribution in [3.05, 3.63) is 218 Å². The number of rotatable bonds is 6. The van der Waals surface area contributed by atoms with Crippen LogP contribution in [0, 0.1) is 0 Å². The highest BCUT2D eigenvalue weighted by atomic mass is 32.1. The van der Waals surface area contributed by atoms with Gasteiger partial charge in [-0.05, 0) is 90.0 Å². The summed E-state index contributed by atoms with van der Waals surface area (Å²) < 4.78 is 2.61. The molecule has 0 saturated heterocycles. The Labute approximate surface area is 357 Å². The zero-order valence-corrected chi connectivity index (χ0v) is 33.9. The van der Waals surface area contributed by atoms with Crippen molar-refractivity contribution in [2.45, 2.75) is 0 Å². The maximum atomic E-state index is 5.21. The smallest absolute Gasteiger partial charge is 0.160 e. The van der Waals surface area contributed by atoms with Crippen LogP contribution >= 0.6 is 11.3 Å². The molecule has 3 heteroatoms. The third-order valence-corrected chi connectivity index (χ3v) is 13.2. The van der Waals surface area contributed by atoms with Gasteiger partial charge in [-0.2, -0.15) is 0 Å². The Hall–Kier alpha value is -7.72. The van der Waals surface area contributed by atoms with Crippen molar-refractivity contribution in [1.29, 1.82) is 0 Å². The third-order valence-electron chi connectivity index (χ3n) is 12.1. The lowest BCUT2D eigenvalue weighted by Crippen LogP contribution is -1.96. The van der Waals surface area contributed by atoms with Crippen molar-refractivity contribution in [2.24, 2.45) is 0 Å². The summed E-state index contributed by atoms with van der Waals surface area (Å²) in [6.07, 6.45) is 0. The number of hydrogen-bond acceptors (Lipinski definition) is 3. The average Bonchev–Trinajstić information content (AvgIpc) is 3.72. The van der Waals surface area contributed by atoms with Gasteiger partial charge < -0.3 is 0 Å². The van der Waals surface area contributed by atoms with Crippen LogP contribution in [0.3, 0.4) is 0 Å². The second-order valence-corrected chi connectivity index (χ2v) is 16.8. The summed E-state index contributed by atoms with van der Waals surface area (Å²) in [6, 6.07) is 78.7. The summed E-state index contributed by atoms with van der Waals surface area (Å²) in [6.45, 7) is 0. The standard InChI is InChI=1S/C58H36N2S/c1-3-15-39(16-4-1)56-49-24-10-9-23-48(49)55(50-33-30-37-14-7-8-21-45(37)57(50)56)40-28-26-38(27-29-40)51-36-52(60-58(59-51)41-17-5-2-6-18-41)44-20-13-19-42(34-44)43-31-32-47-46-22-11-12-25-53(46)61-54(47)35-43/h1-36H. The summed E-state index contributed by atoms with van der Waals surface area (Å²) in [7, 11) is 0. The monoisotopic (exact) mass is 792 g/mol. The molecule has 0 unspecified atom stereocenters. The van der Waals surface area contributed by atoms with E-state index in [4.69, 9.17) is 9.97 Å². The van der Waals surface area contributed by atoms with Gasteiger partial charge in [0.2, 0.25) is 0 Å². The maximum Gasteiger partial charge on any atom is 0.160 e. The Balaban J connectivity index is 0.994. The molecule has 2 aromatic heterocycles. The highest BCUT2D eigenvalue weighted by Crippen LogP contribution is 2.46. The zero-order valence-electron chi connectivity index (χ0n) is 33.1. The molecule has 0 aliphatic rings. The van der Waals surface area contributed by atoms with Gasteiger partial charge in [-0.1, -0.05) is 194 Å². The van der Waals surface area contributed by atoms with Crippen molar-refractivity contribution in [3.8, 4) is 67.3 Å². The molecule has 0 saturated carbocycles. The molecular weight excluding hydrogens is 757 g/mol. The van der Waals surface area contributed by atoms with E-state index >= 15 is 0 Å². The van der Waals surface area contributed by atoms with Gasteiger partial charge in [0, 0.05) is 36.9 Å². The van der Waals surface area contributed by atoms with Crippen LogP contribution in [0.25, 0.3) is 120 Å². The van der Waals surface area contributed by atoms with E-state index < -0.39 is 0 Å². The molecule has 284 valence electrons. The first-order valence-corrected chi connectivity index (χ1v) is 21.5. The van der Waals surface area contributed by atoms with E-state index in [9.17, 15) is 0 Å². The number of fused-ring (bicyclic) bond motifs is 7. The quantitative estimate of drug-likeness (QED) is 0.124. The molecule has 61 heavy (non-hydrogen) atoms. The van der Waals surface area contributed by atoms with Crippen molar-refractivity contribution in [3.63, 3.8) is 0 Å². The molecule has 0 aliphatic carbocycles. The Kier molecular flexibility index (Phi) is 8.39. The molecule has 0 fully saturated rings. The lowest BCUT2D eigenvalue weighted by Gasteiger charge is -2.19. The zero-order chi connectivity index (χ0) is 40.3. The largest absolute Gasteiger partial charge is 0.228 e. The van der Waals surface area contributed by atoms with E-state index in [-0.39, 0.29) is 0 Å². The highest BCUT2D eigenvalue weighted by molar-refractivity contribution is 7.25. The van der Waals surface area contributed by atoms with Gasteiger partial charge in [0.15, 0.2) is 5.82 Å². The molecule has 0 N–H and O–H groups in total. The van der Waals surface area contributed by atoms with Crippen molar-refractivity contribution in [1.82, 2.24) is 9.97 Å². The Morgan fingerprint density at radius 1 is 0.279 bits per heavy atom. The van der Waals surface area contributed by atoms with Crippen LogP contribution in [-0.4, -0.2) is 9.97 Å². The second-order valence-electron chi connectivity index (χ2n) is 15.7. The van der Waals surface area contributed by atoms with Crippen LogP contribution in [0.2, 0.25) is 0 Å². The van der Waals surface area contributed by atoms with Crippen molar-refractivity contribution >= 4 is 63.8 Å². The first-order valence-electron chi connectivity index (χ1n) is 20.7. The first-order chi connectivity index (χ1) is 30.2. The average molecular weight is 793 g/mol. The van der Waals surface area contributed by atoms with Gasteiger partial charge >= 0.3 is 0 Å². The molecule has 0 spiro atoms. The molecule has 0 atom stereocenters. The van der Waals surface area contributed by atoms with E-state index in [0.717, 1.165) is 33.6 Å². The molecule has 2 nitrogen and oxygen atoms in total. The fourth-order valence-electron chi connectivity index (χ4n) is 9.19.